The largest absolute Gasteiger partial charge is 0.467 e. The highest BCUT2D eigenvalue weighted by Crippen LogP contribution is 2.17. The van der Waals surface area contributed by atoms with Gasteiger partial charge in [0.15, 0.2) is 11.2 Å². The Morgan fingerprint density at radius 1 is 1.24 bits per heavy atom. The van der Waals surface area contributed by atoms with E-state index in [1.807, 2.05) is 0 Å². The smallest absolute Gasteiger partial charge is 0.287 e. The molecule has 0 unspecified atom stereocenters. The van der Waals surface area contributed by atoms with Crippen LogP contribution in [-0.4, -0.2) is 5.91 Å². The van der Waals surface area contributed by atoms with E-state index in [0.717, 1.165) is 6.07 Å². The number of halogens is 1. The SMILES string of the molecule is O=C(NCc1ccco1)c1cc(=O)c2cc(Cl)ccc2o1. The van der Waals surface area contributed by atoms with Gasteiger partial charge >= 0.3 is 0 Å². The van der Waals surface area contributed by atoms with Crippen molar-refractivity contribution in [2.75, 3.05) is 0 Å². The molecule has 6 heteroatoms. The topological polar surface area (TPSA) is 72.5 Å². The highest BCUT2D eigenvalue weighted by molar-refractivity contribution is 6.31. The van der Waals surface area contributed by atoms with Crippen molar-refractivity contribution in [1.29, 1.82) is 0 Å². The maximum atomic E-state index is 12.0. The normalized spacial score (nSPS) is 10.7. The maximum absolute atomic E-state index is 12.0. The minimum absolute atomic E-state index is 0.0543. The second-order valence-corrected chi connectivity index (χ2v) is 4.81. The lowest BCUT2D eigenvalue weighted by molar-refractivity contribution is 0.0921. The first kappa shape index (κ1) is 13.5. The molecule has 0 radical (unpaired) electrons. The van der Waals surface area contributed by atoms with E-state index in [-0.39, 0.29) is 17.7 Å². The number of nitrogens with one attached hydrogen (secondary N) is 1. The number of hydrogen-bond donors (Lipinski definition) is 1. The van der Waals surface area contributed by atoms with E-state index in [2.05, 4.69) is 5.32 Å². The van der Waals surface area contributed by atoms with Gasteiger partial charge in [0.05, 0.1) is 18.2 Å². The Balaban J connectivity index is 1.88. The van der Waals surface area contributed by atoms with Crippen LogP contribution in [0.2, 0.25) is 5.02 Å². The minimum atomic E-state index is -0.486. The molecule has 3 rings (SSSR count). The van der Waals surface area contributed by atoms with E-state index in [0.29, 0.717) is 21.8 Å². The summed E-state index contributed by atoms with van der Waals surface area (Å²) in [6, 6.07) is 9.27. The molecular weight excluding hydrogens is 294 g/mol. The Kier molecular flexibility index (Phi) is 3.50. The standard InChI is InChI=1S/C15H10ClNO4/c16-9-3-4-13-11(6-9)12(18)7-14(21-13)15(19)17-8-10-2-1-5-20-10/h1-7H,8H2,(H,17,19). The summed E-state index contributed by atoms with van der Waals surface area (Å²) in [5.41, 5.74) is -0.00283. The fourth-order valence-electron chi connectivity index (χ4n) is 1.91. The summed E-state index contributed by atoms with van der Waals surface area (Å²) in [5, 5.41) is 3.39. The van der Waals surface area contributed by atoms with Crippen molar-refractivity contribution >= 4 is 28.5 Å². The van der Waals surface area contributed by atoms with E-state index in [1.54, 1.807) is 24.3 Å². The summed E-state index contributed by atoms with van der Waals surface area (Å²) in [7, 11) is 0. The summed E-state index contributed by atoms with van der Waals surface area (Å²) in [5.74, 6) is 0.0694. The second-order valence-electron chi connectivity index (χ2n) is 4.38. The van der Waals surface area contributed by atoms with Gasteiger partial charge in [-0.05, 0) is 30.3 Å². The highest BCUT2D eigenvalue weighted by Gasteiger charge is 2.12. The molecule has 5 nitrogen and oxygen atoms in total. The Bertz CT molecular complexity index is 852. The number of amides is 1. The van der Waals surface area contributed by atoms with Crippen molar-refractivity contribution in [3.8, 4) is 0 Å². The Hall–Kier alpha value is -2.53. The molecule has 1 amide bonds. The number of hydrogen-bond acceptors (Lipinski definition) is 4. The molecule has 0 fully saturated rings. The van der Waals surface area contributed by atoms with E-state index in [9.17, 15) is 9.59 Å². The number of fused-ring (bicyclic) bond motifs is 1. The summed E-state index contributed by atoms with van der Waals surface area (Å²) in [4.78, 5) is 24.0. The molecular formula is C15H10ClNO4. The molecule has 106 valence electrons. The zero-order chi connectivity index (χ0) is 14.8. The predicted molar refractivity (Wildman–Crippen MR) is 77.4 cm³/mol. The molecule has 3 aromatic rings. The first-order valence-corrected chi connectivity index (χ1v) is 6.55. The zero-order valence-corrected chi connectivity index (χ0v) is 11.5. The highest BCUT2D eigenvalue weighted by atomic mass is 35.5. The van der Waals surface area contributed by atoms with E-state index < -0.39 is 5.91 Å². The second kappa shape index (κ2) is 5.46. The lowest BCUT2D eigenvalue weighted by Gasteiger charge is -2.04. The van der Waals surface area contributed by atoms with Crippen LogP contribution in [0.4, 0.5) is 0 Å². The van der Waals surface area contributed by atoms with Crippen LogP contribution in [0.5, 0.6) is 0 Å². The van der Waals surface area contributed by atoms with Crippen LogP contribution in [0.3, 0.4) is 0 Å². The van der Waals surface area contributed by atoms with Crippen LogP contribution in [-0.2, 0) is 6.54 Å². The first-order chi connectivity index (χ1) is 10.1. The predicted octanol–water partition coefficient (Wildman–Crippen LogP) is 2.97. The molecule has 0 aliphatic carbocycles. The van der Waals surface area contributed by atoms with Crippen molar-refractivity contribution in [2.45, 2.75) is 6.54 Å². The van der Waals surface area contributed by atoms with Crippen molar-refractivity contribution in [3.63, 3.8) is 0 Å². The van der Waals surface area contributed by atoms with Crippen molar-refractivity contribution in [3.05, 3.63) is 69.4 Å². The van der Waals surface area contributed by atoms with Crippen LogP contribution in [0, 0.1) is 0 Å². The van der Waals surface area contributed by atoms with Gasteiger partial charge in [-0.15, -0.1) is 0 Å². The summed E-state index contributed by atoms with van der Waals surface area (Å²) in [6.07, 6.45) is 1.52. The van der Waals surface area contributed by atoms with Gasteiger partial charge in [0.25, 0.3) is 5.91 Å². The number of furan rings is 1. The van der Waals surface area contributed by atoms with Gasteiger partial charge in [-0.25, -0.2) is 0 Å². The third kappa shape index (κ3) is 2.83. The van der Waals surface area contributed by atoms with Crippen LogP contribution in [0.15, 0.2) is 56.3 Å². The summed E-state index contributed by atoms with van der Waals surface area (Å²) >= 11 is 5.83. The average Bonchev–Trinajstić information content (AvgIpc) is 2.98. The van der Waals surface area contributed by atoms with Gasteiger partial charge in [-0.1, -0.05) is 11.6 Å². The number of carbonyl (C=O) groups is 1. The fraction of sp³-hybridized carbons (Fsp3) is 0.0667. The molecule has 2 aromatic heterocycles. The van der Waals surface area contributed by atoms with Gasteiger partial charge in [-0.2, -0.15) is 0 Å². The number of carbonyl (C=O) groups excluding carboxylic acids is 1. The third-order valence-corrected chi connectivity index (χ3v) is 3.15. The quantitative estimate of drug-likeness (QED) is 0.807. The van der Waals surface area contributed by atoms with Crippen molar-refractivity contribution < 1.29 is 13.6 Å². The lowest BCUT2D eigenvalue weighted by atomic mass is 10.2. The molecule has 2 heterocycles. The lowest BCUT2D eigenvalue weighted by Crippen LogP contribution is -2.23. The summed E-state index contributed by atoms with van der Waals surface area (Å²) < 4.78 is 10.5. The van der Waals surface area contributed by atoms with Crippen molar-refractivity contribution in [2.24, 2.45) is 0 Å². The van der Waals surface area contributed by atoms with E-state index in [1.165, 1.54) is 12.3 Å². The molecule has 1 N–H and O–H groups in total. The molecule has 0 saturated carbocycles. The molecule has 0 saturated heterocycles. The minimum Gasteiger partial charge on any atom is -0.467 e. The maximum Gasteiger partial charge on any atom is 0.287 e. The van der Waals surface area contributed by atoms with Gasteiger partial charge in [0.1, 0.15) is 11.3 Å². The van der Waals surface area contributed by atoms with E-state index in [4.69, 9.17) is 20.4 Å². The molecule has 1 aromatic carbocycles. The van der Waals surface area contributed by atoms with Crippen molar-refractivity contribution in [1.82, 2.24) is 5.32 Å². The Morgan fingerprint density at radius 2 is 2.10 bits per heavy atom. The molecule has 0 spiro atoms. The van der Waals surface area contributed by atoms with Crippen LogP contribution in [0.1, 0.15) is 16.3 Å². The molecule has 0 bridgehead atoms. The van der Waals surface area contributed by atoms with Gasteiger partial charge in [0.2, 0.25) is 0 Å². The van der Waals surface area contributed by atoms with Gasteiger partial charge < -0.3 is 14.2 Å². The molecule has 21 heavy (non-hydrogen) atoms. The van der Waals surface area contributed by atoms with E-state index >= 15 is 0 Å². The third-order valence-electron chi connectivity index (χ3n) is 2.92. The zero-order valence-electron chi connectivity index (χ0n) is 10.8. The van der Waals surface area contributed by atoms with Crippen LogP contribution in [0.25, 0.3) is 11.0 Å². The Labute approximate surface area is 124 Å². The van der Waals surface area contributed by atoms with Crippen LogP contribution < -0.4 is 10.7 Å². The first-order valence-electron chi connectivity index (χ1n) is 6.17. The monoisotopic (exact) mass is 303 g/mol. The Morgan fingerprint density at radius 3 is 2.86 bits per heavy atom. The van der Waals surface area contributed by atoms with Crippen LogP contribution >= 0.6 is 11.6 Å². The number of rotatable bonds is 3. The van der Waals surface area contributed by atoms with Gasteiger partial charge in [0, 0.05) is 11.1 Å². The van der Waals surface area contributed by atoms with Gasteiger partial charge in [-0.3, -0.25) is 9.59 Å². The molecule has 0 aliphatic rings. The summed E-state index contributed by atoms with van der Waals surface area (Å²) in [6.45, 7) is 0.216. The fourth-order valence-corrected chi connectivity index (χ4v) is 2.08. The molecule has 0 aliphatic heterocycles. The number of benzene rings is 1. The average molecular weight is 304 g/mol. The molecule has 0 atom stereocenters.